The van der Waals surface area contributed by atoms with Crippen LogP contribution in [0, 0.1) is 13.8 Å². The average molecular weight is 1010 g/mol. The van der Waals surface area contributed by atoms with Crippen molar-refractivity contribution in [1.29, 1.82) is 0 Å². The minimum absolute atomic E-state index is 0.216. The molecule has 0 saturated carbocycles. The predicted molar refractivity (Wildman–Crippen MR) is 264 cm³/mol. The van der Waals surface area contributed by atoms with Crippen molar-refractivity contribution in [2.24, 2.45) is 0 Å². The normalized spacial score (nSPS) is 11.0. The van der Waals surface area contributed by atoms with E-state index in [1.54, 1.807) is 19.1 Å². The maximum absolute atomic E-state index is 13.1. The highest BCUT2D eigenvalue weighted by Gasteiger charge is 2.13. The quantitative estimate of drug-likeness (QED) is 0.0586. The standard InChI is InChI=1S/C56H54Br2O8/c1-4-63-56(59)50-22-48(34-61-32-44-20-45(33-62-38-49-13-6-5-10-40(49)3)25-53(24-44)64-35-41-15-17-51(57)18-16-41)28-55(29-50)66-37-47-21-46(31-60-30-42-11-7-9-39(2)19-42)26-54(27-47)65-36-43-12-8-14-52(58)23-43/h5-29H,4,30-38H2,1-3H3. The van der Waals surface area contributed by atoms with E-state index in [-0.39, 0.29) is 19.8 Å². The van der Waals surface area contributed by atoms with E-state index in [1.165, 1.54) is 11.1 Å². The molecule has 0 amide bonds. The Bertz CT molecular complexity index is 2680. The lowest BCUT2D eigenvalue weighted by Gasteiger charge is -2.15. The largest absolute Gasteiger partial charge is 0.489 e. The summed E-state index contributed by atoms with van der Waals surface area (Å²) in [4.78, 5) is 13.1. The summed E-state index contributed by atoms with van der Waals surface area (Å²) in [6.45, 7) is 9.50. The third-order valence-corrected chi connectivity index (χ3v) is 11.5. The van der Waals surface area contributed by atoms with Gasteiger partial charge in [0.2, 0.25) is 0 Å². The van der Waals surface area contributed by atoms with Gasteiger partial charge >= 0.3 is 5.97 Å². The van der Waals surface area contributed by atoms with Gasteiger partial charge in [0.15, 0.2) is 0 Å². The van der Waals surface area contributed by atoms with Crippen LogP contribution in [-0.4, -0.2) is 12.6 Å². The fraction of sp³-hybridized carbons (Fsp3) is 0.232. The topological polar surface area (TPSA) is 81.7 Å². The fourth-order valence-electron chi connectivity index (χ4n) is 7.25. The van der Waals surface area contributed by atoms with E-state index in [4.69, 9.17) is 33.2 Å². The number of carbonyl (C=O) groups excluding carboxylic acids is 1. The third-order valence-electron chi connectivity index (χ3n) is 10.5. The number of esters is 1. The van der Waals surface area contributed by atoms with E-state index >= 15 is 0 Å². The second-order valence-electron chi connectivity index (χ2n) is 16.1. The van der Waals surface area contributed by atoms with Crippen LogP contribution >= 0.6 is 31.9 Å². The maximum Gasteiger partial charge on any atom is 0.338 e. The molecule has 0 bridgehead atoms. The summed E-state index contributed by atoms with van der Waals surface area (Å²) in [5, 5.41) is 0. The van der Waals surface area contributed by atoms with Crippen molar-refractivity contribution < 1.29 is 38.0 Å². The van der Waals surface area contributed by atoms with Crippen molar-refractivity contribution in [2.75, 3.05) is 6.61 Å². The van der Waals surface area contributed by atoms with E-state index in [9.17, 15) is 4.79 Å². The smallest absolute Gasteiger partial charge is 0.338 e. The van der Waals surface area contributed by atoms with Crippen molar-refractivity contribution in [2.45, 2.75) is 80.2 Å². The van der Waals surface area contributed by atoms with Crippen LogP contribution in [0.4, 0.5) is 0 Å². The minimum atomic E-state index is -0.439. The average Bonchev–Trinajstić information content (AvgIpc) is 3.31. The molecule has 340 valence electrons. The first-order valence-corrected chi connectivity index (χ1v) is 23.5. The van der Waals surface area contributed by atoms with Crippen molar-refractivity contribution >= 4 is 37.8 Å². The van der Waals surface area contributed by atoms with Crippen molar-refractivity contribution in [1.82, 2.24) is 0 Å². The Hall–Kier alpha value is -5.75. The molecule has 66 heavy (non-hydrogen) atoms. The van der Waals surface area contributed by atoms with Gasteiger partial charge < -0.3 is 33.2 Å². The van der Waals surface area contributed by atoms with Crippen LogP contribution in [0.2, 0.25) is 0 Å². The van der Waals surface area contributed by atoms with E-state index < -0.39 is 5.97 Å². The lowest BCUT2D eigenvalue weighted by molar-refractivity contribution is 0.0525. The SMILES string of the molecule is CCOC(=O)c1cc(COCc2cc(COCc3ccccc3C)cc(OCc3ccc(Br)cc3)c2)cc(OCc2cc(COCc3cccc(C)c3)cc(OCc3cccc(Br)c3)c2)c1. The minimum Gasteiger partial charge on any atom is -0.489 e. The number of hydrogen-bond donors (Lipinski definition) is 0. The molecule has 0 aromatic heterocycles. The summed E-state index contributed by atoms with van der Waals surface area (Å²) >= 11 is 7.07. The molecule has 0 saturated heterocycles. The molecule has 0 radical (unpaired) electrons. The summed E-state index contributed by atoms with van der Waals surface area (Å²) in [6.07, 6.45) is 0. The van der Waals surface area contributed by atoms with Gasteiger partial charge in [-0.25, -0.2) is 4.79 Å². The van der Waals surface area contributed by atoms with Crippen molar-refractivity contribution in [3.63, 3.8) is 0 Å². The van der Waals surface area contributed by atoms with Gasteiger partial charge in [-0.1, -0.05) is 116 Å². The van der Waals surface area contributed by atoms with Crippen molar-refractivity contribution in [3.05, 3.63) is 227 Å². The molecule has 0 aliphatic rings. The Morgan fingerprint density at radius 2 is 0.924 bits per heavy atom. The van der Waals surface area contributed by atoms with E-state index in [0.29, 0.717) is 63.3 Å². The molecule has 0 N–H and O–H groups in total. The van der Waals surface area contributed by atoms with Crippen LogP contribution in [-0.2, 0) is 78.4 Å². The van der Waals surface area contributed by atoms with Crippen molar-refractivity contribution in [3.8, 4) is 17.2 Å². The second-order valence-corrected chi connectivity index (χ2v) is 17.9. The number of benzene rings is 7. The highest BCUT2D eigenvalue weighted by molar-refractivity contribution is 9.10. The first-order chi connectivity index (χ1) is 32.1. The monoisotopic (exact) mass is 1010 g/mol. The molecule has 0 atom stereocenters. The number of halogens is 2. The number of aryl methyl sites for hydroxylation is 2. The van der Waals surface area contributed by atoms with Gasteiger partial charge in [0, 0.05) is 8.95 Å². The zero-order valence-corrected chi connectivity index (χ0v) is 40.7. The van der Waals surface area contributed by atoms with E-state index in [2.05, 4.69) is 88.2 Å². The van der Waals surface area contributed by atoms with E-state index in [1.807, 2.05) is 97.1 Å². The highest BCUT2D eigenvalue weighted by atomic mass is 79.9. The Balaban J connectivity index is 1.05. The van der Waals surface area contributed by atoms with Crippen LogP contribution in [0.5, 0.6) is 17.2 Å². The van der Waals surface area contributed by atoms with E-state index in [0.717, 1.165) is 64.8 Å². The van der Waals surface area contributed by atoms with Gasteiger partial charge in [-0.3, -0.25) is 0 Å². The zero-order valence-electron chi connectivity index (χ0n) is 37.5. The maximum atomic E-state index is 13.1. The molecule has 0 heterocycles. The highest BCUT2D eigenvalue weighted by Crippen LogP contribution is 2.26. The Kier molecular flexibility index (Phi) is 18.0. The number of rotatable bonds is 23. The van der Waals surface area contributed by atoms with Gasteiger partial charge in [0.25, 0.3) is 0 Å². The van der Waals surface area contributed by atoms with Gasteiger partial charge in [-0.15, -0.1) is 0 Å². The Morgan fingerprint density at radius 1 is 0.424 bits per heavy atom. The Labute approximate surface area is 405 Å². The van der Waals surface area contributed by atoms with Crippen LogP contribution in [0.1, 0.15) is 78.5 Å². The summed E-state index contributed by atoms with van der Waals surface area (Å²) < 4.78 is 45.1. The lowest BCUT2D eigenvalue weighted by Crippen LogP contribution is -2.07. The first kappa shape index (κ1) is 48.2. The molecule has 0 spiro atoms. The number of ether oxygens (including phenoxy) is 7. The fourth-order valence-corrected chi connectivity index (χ4v) is 7.96. The molecule has 8 nitrogen and oxygen atoms in total. The second kappa shape index (κ2) is 24.7. The van der Waals surface area contributed by atoms with Gasteiger partial charge in [-0.2, -0.15) is 0 Å². The summed E-state index contributed by atoms with van der Waals surface area (Å²) in [5.41, 5.74) is 11.6. The number of hydrogen-bond acceptors (Lipinski definition) is 8. The molecule has 0 fully saturated rings. The van der Waals surface area contributed by atoms with Gasteiger partial charge in [-0.05, 0) is 149 Å². The molecule has 7 aromatic rings. The van der Waals surface area contributed by atoms with Gasteiger partial charge in [0.05, 0.1) is 51.8 Å². The van der Waals surface area contributed by atoms with Crippen LogP contribution in [0.3, 0.4) is 0 Å². The molecule has 7 rings (SSSR count). The Morgan fingerprint density at radius 3 is 1.52 bits per heavy atom. The molecule has 0 aliphatic carbocycles. The molecule has 10 heteroatoms. The molecule has 0 unspecified atom stereocenters. The molecule has 7 aromatic carbocycles. The summed E-state index contributed by atoms with van der Waals surface area (Å²) in [5.74, 6) is 1.49. The predicted octanol–water partition coefficient (Wildman–Crippen LogP) is 13.9. The molecular formula is C56H54Br2O8. The zero-order chi connectivity index (χ0) is 46.1. The molecule has 0 aliphatic heterocycles. The third kappa shape index (κ3) is 15.4. The lowest BCUT2D eigenvalue weighted by atomic mass is 10.1. The first-order valence-electron chi connectivity index (χ1n) is 21.9. The van der Waals surface area contributed by atoms with Crippen LogP contribution in [0.25, 0.3) is 0 Å². The van der Waals surface area contributed by atoms with Crippen LogP contribution in [0.15, 0.2) is 161 Å². The van der Waals surface area contributed by atoms with Gasteiger partial charge in [0.1, 0.15) is 37.1 Å². The molecular weight excluding hydrogens is 960 g/mol. The summed E-state index contributed by atoms with van der Waals surface area (Å²) in [6, 6.07) is 50.1. The number of carbonyl (C=O) groups is 1. The summed E-state index contributed by atoms with van der Waals surface area (Å²) in [7, 11) is 0. The van der Waals surface area contributed by atoms with Crippen LogP contribution < -0.4 is 14.2 Å².